The van der Waals surface area contributed by atoms with Crippen LogP contribution in [0.5, 0.6) is 11.5 Å². The van der Waals surface area contributed by atoms with Gasteiger partial charge in [-0.05, 0) is 0 Å². The third-order valence-corrected chi connectivity index (χ3v) is 1.55. The molecule has 0 saturated heterocycles. The number of hydrogen-bond donors (Lipinski definition) is 3. The molecule has 0 radical (unpaired) electrons. The first-order valence-corrected chi connectivity index (χ1v) is 3.26. The lowest BCUT2D eigenvalue weighted by Crippen LogP contribution is -1.95. The standard InChI is InChI=1S/C8H5N3O2/c9-2-4-1-6(12)8(13)5(3-10)7(4)11/h1,12-13H,11H2. The van der Waals surface area contributed by atoms with E-state index >= 15 is 0 Å². The van der Waals surface area contributed by atoms with Crippen LogP contribution in [0.25, 0.3) is 0 Å². The molecule has 0 unspecified atom stereocenters. The van der Waals surface area contributed by atoms with E-state index < -0.39 is 11.5 Å². The van der Waals surface area contributed by atoms with E-state index in [2.05, 4.69) is 0 Å². The molecule has 1 aromatic carbocycles. The summed E-state index contributed by atoms with van der Waals surface area (Å²) in [6.07, 6.45) is 0. The molecular weight excluding hydrogens is 170 g/mol. The van der Waals surface area contributed by atoms with Gasteiger partial charge < -0.3 is 15.9 Å². The Balaban J connectivity index is 3.63. The summed E-state index contributed by atoms with van der Waals surface area (Å²) in [6, 6.07) is 4.29. The summed E-state index contributed by atoms with van der Waals surface area (Å²) in [5.74, 6) is -1.12. The van der Waals surface area contributed by atoms with Crippen LogP contribution in [-0.4, -0.2) is 10.2 Å². The molecule has 0 bridgehead atoms. The highest BCUT2D eigenvalue weighted by atomic mass is 16.3. The number of anilines is 1. The fraction of sp³-hybridized carbons (Fsp3) is 0. The van der Waals surface area contributed by atoms with Gasteiger partial charge in [-0.25, -0.2) is 0 Å². The predicted molar refractivity (Wildman–Crippen MR) is 43.6 cm³/mol. The molecule has 13 heavy (non-hydrogen) atoms. The largest absolute Gasteiger partial charge is 0.504 e. The SMILES string of the molecule is N#Cc1cc(O)c(O)c(C#N)c1N. The maximum Gasteiger partial charge on any atom is 0.177 e. The number of nitrogen functional groups attached to an aromatic ring is 1. The van der Waals surface area contributed by atoms with Crippen LogP contribution in [0.1, 0.15) is 11.1 Å². The van der Waals surface area contributed by atoms with E-state index in [-0.39, 0.29) is 16.8 Å². The number of nitriles is 2. The predicted octanol–water partition coefficient (Wildman–Crippen LogP) is 0.423. The van der Waals surface area contributed by atoms with Gasteiger partial charge in [0.05, 0.1) is 11.3 Å². The van der Waals surface area contributed by atoms with Crippen LogP contribution < -0.4 is 5.73 Å². The minimum Gasteiger partial charge on any atom is -0.504 e. The Kier molecular flexibility index (Phi) is 1.95. The zero-order valence-electron chi connectivity index (χ0n) is 6.44. The van der Waals surface area contributed by atoms with Crippen molar-refractivity contribution in [3.05, 3.63) is 17.2 Å². The average Bonchev–Trinajstić information content (AvgIpc) is 2.12. The molecule has 0 saturated carbocycles. The van der Waals surface area contributed by atoms with Crippen molar-refractivity contribution in [3.8, 4) is 23.6 Å². The van der Waals surface area contributed by atoms with E-state index in [1.54, 1.807) is 12.1 Å². The Labute approximate surface area is 73.9 Å². The zero-order chi connectivity index (χ0) is 10.0. The first-order chi connectivity index (χ1) is 6.11. The molecule has 5 heteroatoms. The zero-order valence-corrected chi connectivity index (χ0v) is 6.44. The van der Waals surface area contributed by atoms with E-state index in [9.17, 15) is 0 Å². The monoisotopic (exact) mass is 175 g/mol. The summed E-state index contributed by atoms with van der Waals surface area (Å²) >= 11 is 0. The molecule has 0 amide bonds. The number of aromatic hydroxyl groups is 2. The van der Waals surface area contributed by atoms with Crippen LogP contribution in [0.4, 0.5) is 5.69 Å². The van der Waals surface area contributed by atoms with Gasteiger partial charge >= 0.3 is 0 Å². The molecule has 0 spiro atoms. The van der Waals surface area contributed by atoms with Gasteiger partial charge in [0.25, 0.3) is 0 Å². The highest BCUT2D eigenvalue weighted by Gasteiger charge is 2.14. The summed E-state index contributed by atoms with van der Waals surface area (Å²) in [7, 11) is 0. The minimum absolute atomic E-state index is 0.0353. The van der Waals surface area contributed by atoms with E-state index in [1.165, 1.54) is 0 Å². The molecule has 0 aliphatic carbocycles. The van der Waals surface area contributed by atoms with Gasteiger partial charge in [0.15, 0.2) is 11.5 Å². The van der Waals surface area contributed by atoms with Crippen molar-refractivity contribution in [1.82, 2.24) is 0 Å². The van der Waals surface area contributed by atoms with Crippen molar-refractivity contribution < 1.29 is 10.2 Å². The van der Waals surface area contributed by atoms with Crippen LogP contribution >= 0.6 is 0 Å². The number of nitrogens with zero attached hydrogens (tertiary/aromatic N) is 2. The topological polar surface area (TPSA) is 114 Å². The van der Waals surface area contributed by atoms with Crippen molar-refractivity contribution >= 4 is 5.69 Å². The molecule has 5 nitrogen and oxygen atoms in total. The lowest BCUT2D eigenvalue weighted by molar-refractivity contribution is 0.403. The molecular formula is C8H5N3O2. The molecule has 0 aromatic heterocycles. The summed E-state index contributed by atoms with van der Waals surface area (Å²) in [5.41, 5.74) is 4.92. The minimum atomic E-state index is -0.598. The molecule has 64 valence electrons. The van der Waals surface area contributed by atoms with Crippen LogP contribution in [0.15, 0.2) is 6.07 Å². The Hall–Kier alpha value is -2.40. The second kappa shape index (κ2) is 2.92. The fourth-order valence-electron chi connectivity index (χ4n) is 0.879. The smallest absolute Gasteiger partial charge is 0.177 e. The van der Waals surface area contributed by atoms with Crippen LogP contribution in [-0.2, 0) is 0 Å². The molecule has 0 aliphatic rings. The first kappa shape index (κ1) is 8.69. The Morgan fingerprint density at radius 1 is 1.23 bits per heavy atom. The second-order valence-corrected chi connectivity index (χ2v) is 2.30. The first-order valence-electron chi connectivity index (χ1n) is 3.26. The molecule has 0 atom stereocenters. The Bertz CT molecular complexity index is 440. The number of phenolic OH excluding ortho intramolecular Hbond substituents is 2. The summed E-state index contributed by atoms with van der Waals surface area (Å²) < 4.78 is 0. The fourth-order valence-corrected chi connectivity index (χ4v) is 0.879. The highest BCUT2D eigenvalue weighted by Crippen LogP contribution is 2.34. The van der Waals surface area contributed by atoms with Gasteiger partial charge in [0.2, 0.25) is 0 Å². The van der Waals surface area contributed by atoms with Crippen molar-refractivity contribution in [2.75, 3.05) is 5.73 Å². The van der Waals surface area contributed by atoms with Crippen LogP contribution in [0, 0.1) is 22.7 Å². The third-order valence-electron chi connectivity index (χ3n) is 1.55. The molecule has 0 heterocycles. The van der Waals surface area contributed by atoms with Gasteiger partial charge in [-0.3, -0.25) is 0 Å². The molecule has 0 fully saturated rings. The summed E-state index contributed by atoms with van der Waals surface area (Å²) in [5, 5.41) is 35.3. The van der Waals surface area contributed by atoms with Crippen molar-refractivity contribution in [2.45, 2.75) is 0 Å². The number of phenols is 2. The van der Waals surface area contributed by atoms with Crippen LogP contribution in [0.2, 0.25) is 0 Å². The lowest BCUT2D eigenvalue weighted by atomic mass is 10.1. The molecule has 1 aromatic rings. The van der Waals surface area contributed by atoms with Gasteiger partial charge in [0, 0.05) is 6.07 Å². The summed E-state index contributed by atoms with van der Waals surface area (Å²) in [6.45, 7) is 0. The van der Waals surface area contributed by atoms with Gasteiger partial charge in [-0.1, -0.05) is 0 Å². The van der Waals surface area contributed by atoms with E-state index in [4.69, 9.17) is 26.5 Å². The molecule has 4 N–H and O–H groups in total. The number of rotatable bonds is 0. The van der Waals surface area contributed by atoms with E-state index in [1.807, 2.05) is 0 Å². The second-order valence-electron chi connectivity index (χ2n) is 2.30. The third kappa shape index (κ3) is 1.19. The lowest BCUT2D eigenvalue weighted by Gasteiger charge is -2.04. The normalized spacial score (nSPS) is 8.77. The Morgan fingerprint density at radius 2 is 1.85 bits per heavy atom. The van der Waals surface area contributed by atoms with Crippen molar-refractivity contribution in [3.63, 3.8) is 0 Å². The number of nitrogens with two attached hydrogens (primary N) is 1. The number of hydrogen-bond acceptors (Lipinski definition) is 5. The van der Waals surface area contributed by atoms with Gasteiger partial charge in [-0.2, -0.15) is 10.5 Å². The maximum absolute atomic E-state index is 9.14. The summed E-state index contributed by atoms with van der Waals surface area (Å²) in [4.78, 5) is 0. The van der Waals surface area contributed by atoms with E-state index in [0.29, 0.717) is 0 Å². The molecule has 0 aliphatic heterocycles. The highest BCUT2D eigenvalue weighted by molar-refractivity contribution is 5.72. The quantitative estimate of drug-likeness (QED) is 0.300. The Morgan fingerprint density at radius 3 is 2.31 bits per heavy atom. The van der Waals surface area contributed by atoms with Crippen molar-refractivity contribution in [2.24, 2.45) is 0 Å². The van der Waals surface area contributed by atoms with Crippen LogP contribution in [0.3, 0.4) is 0 Å². The maximum atomic E-state index is 9.14. The molecule has 1 rings (SSSR count). The van der Waals surface area contributed by atoms with E-state index in [0.717, 1.165) is 6.07 Å². The number of benzene rings is 1. The average molecular weight is 175 g/mol. The van der Waals surface area contributed by atoms with Crippen molar-refractivity contribution in [1.29, 1.82) is 10.5 Å². The van der Waals surface area contributed by atoms with Gasteiger partial charge in [0.1, 0.15) is 17.7 Å². The van der Waals surface area contributed by atoms with Gasteiger partial charge in [-0.15, -0.1) is 0 Å².